The molecule has 1 aliphatic carbocycles. The maximum atomic E-state index is 11.7. The molecule has 88 valence electrons. The van der Waals surface area contributed by atoms with Crippen molar-refractivity contribution in [3.63, 3.8) is 0 Å². The fourth-order valence-electron chi connectivity index (χ4n) is 1.11. The minimum atomic E-state index is -4.25. The predicted molar refractivity (Wildman–Crippen MR) is 49.3 cm³/mol. The van der Waals surface area contributed by atoms with Crippen LogP contribution in [0.25, 0.3) is 0 Å². The second kappa shape index (κ2) is 5.34. The third-order valence-corrected chi connectivity index (χ3v) is 2.09. The molecule has 6 heteroatoms. The summed E-state index contributed by atoms with van der Waals surface area (Å²) in [7, 11) is 0. The van der Waals surface area contributed by atoms with Crippen molar-refractivity contribution in [2.75, 3.05) is 13.1 Å². The summed E-state index contributed by atoms with van der Waals surface area (Å²) in [6.45, 7) is 1.02. The molecule has 0 spiro atoms. The molecule has 0 radical (unpaired) electrons. The van der Waals surface area contributed by atoms with Gasteiger partial charge in [0.1, 0.15) is 0 Å². The lowest BCUT2D eigenvalue weighted by Crippen LogP contribution is -2.33. The monoisotopic (exact) mass is 224 g/mol. The van der Waals surface area contributed by atoms with Crippen molar-refractivity contribution < 1.29 is 18.0 Å². The van der Waals surface area contributed by atoms with Crippen molar-refractivity contribution in [3.05, 3.63) is 0 Å². The first kappa shape index (κ1) is 12.3. The average molecular weight is 224 g/mol. The van der Waals surface area contributed by atoms with Gasteiger partial charge in [-0.05, 0) is 12.8 Å². The molecule has 0 atom stereocenters. The highest BCUT2D eigenvalue weighted by Gasteiger charge is 2.27. The Morgan fingerprint density at radius 2 is 1.93 bits per heavy atom. The van der Waals surface area contributed by atoms with E-state index in [0.29, 0.717) is 19.1 Å². The van der Waals surface area contributed by atoms with Crippen LogP contribution in [0.5, 0.6) is 0 Å². The standard InChI is InChI=1S/C9H15F3N2O/c10-9(11,12)4-3-8(15)14-6-5-13-7-1-2-7/h7,13H,1-6H2,(H,14,15). The summed E-state index contributed by atoms with van der Waals surface area (Å²) in [4.78, 5) is 10.9. The fraction of sp³-hybridized carbons (Fsp3) is 0.889. The number of carbonyl (C=O) groups excluding carboxylic acids is 1. The van der Waals surface area contributed by atoms with Gasteiger partial charge < -0.3 is 10.6 Å². The largest absolute Gasteiger partial charge is 0.389 e. The number of carbonyl (C=O) groups is 1. The normalized spacial score (nSPS) is 16.5. The lowest BCUT2D eigenvalue weighted by molar-refractivity contribution is -0.144. The van der Waals surface area contributed by atoms with Gasteiger partial charge in [0, 0.05) is 25.6 Å². The topological polar surface area (TPSA) is 41.1 Å². The first-order valence-corrected chi connectivity index (χ1v) is 5.04. The van der Waals surface area contributed by atoms with Gasteiger partial charge in [0.2, 0.25) is 5.91 Å². The molecule has 0 heterocycles. The first-order chi connectivity index (χ1) is 6.97. The number of nitrogens with one attached hydrogen (secondary N) is 2. The zero-order valence-electron chi connectivity index (χ0n) is 8.36. The number of rotatable bonds is 6. The number of amides is 1. The van der Waals surface area contributed by atoms with Crippen molar-refractivity contribution in [3.8, 4) is 0 Å². The predicted octanol–water partition coefficient (Wildman–Crippen LogP) is 1.20. The van der Waals surface area contributed by atoms with Gasteiger partial charge in [-0.15, -0.1) is 0 Å². The molecule has 0 aromatic heterocycles. The Hall–Kier alpha value is -0.780. The van der Waals surface area contributed by atoms with E-state index in [0.717, 1.165) is 12.8 Å². The van der Waals surface area contributed by atoms with Crippen LogP contribution in [0.3, 0.4) is 0 Å². The zero-order chi connectivity index (χ0) is 11.3. The molecule has 1 rings (SSSR count). The summed E-state index contributed by atoms with van der Waals surface area (Å²) in [5.41, 5.74) is 0. The Labute approximate surface area is 86.4 Å². The molecule has 3 nitrogen and oxygen atoms in total. The van der Waals surface area contributed by atoms with Gasteiger partial charge in [-0.3, -0.25) is 4.79 Å². The fourth-order valence-corrected chi connectivity index (χ4v) is 1.11. The Kier molecular flexibility index (Phi) is 4.38. The maximum absolute atomic E-state index is 11.7. The molecular weight excluding hydrogens is 209 g/mol. The van der Waals surface area contributed by atoms with Crippen LogP contribution >= 0.6 is 0 Å². The summed E-state index contributed by atoms with van der Waals surface area (Å²) < 4.78 is 35.2. The smallest absolute Gasteiger partial charge is 0.355 e. The molecule has 0 aliphatic heterocycles. The lowest BCUT2D eigenvalue weighted by Gasteiger charge is -2.07. The molecule has 0 saturated heterocycles. The van der Waals surface area contributed by atoms with Gasteiger partial charge in [-0.2, -0.15) is 13.2 Å². The molecule has 15 heavy (non-hydrogen) atoms. The Bertz CT molecular complexity index is 214. The van der Waals surface area contributed by atoms with Crippen LogP contribution in [-0.2, 0) is 4.79 Å². The summed E-state index contributed by atoms with van der Waals surface area (Å²) in [5.74, 6) is -0.537. The summed E-state index contributed by atoms with van der Waals surface area (Å²) in [6.07, 6.45) is -3.46. The van der Waals surface area contributed by atoms with E-state index in [2.05, 4.69) is 10.6 Å². The molecule has 0 unspecified atom stereocenters. The minimum absolute atomic E-state index is 0.396. The van der Waals surface area contributed by atoms with Gasteiger partial charge >= 0.3 is 6.18 Å². The number of hydrogen-bond acceptors (Lipinski definition) is 2. The summed E-state index contributed by atoms with van der Waals surface area (Å²) in [5, 5.41) is 5.58. The van der Waals surface area contributed by atoms with Crippen LogP contribution in [-0.4, -0.2) is 31.2 Å². The SMILES string of the molecule is O=C(CCC(F)(F)F)NCCNC1CC1. The summed E-state index contributed by atoms with van der Waals surface area (Å²) >= 11 is 0. The first-order valence-electron chi connectivity index (χ1n) is 5.04. The third-order valence-electron chi connectivity index (χ3n) is 2.09. The molecule has 1 saturated carbocycles. The van der Waals surface area contributed by atoms with Crippen molar-refractivity contribution in [2.45, 2.75) is 37.9 Å². The van der Waals surface area contributed by atoms with E-state index in [-0.39, 0.29) is 0 Å². The van der Waals surface area contributed by atoms with E-state index in [1.165, 1.54) is 0 Å². The van der Waals surface area contributed by atoms with E-state index in [1.807, 2.05) is 0 Å². The molecule has 1 fully saturated rings. The van der Waals surface area contributed by atoms with Gasteiger partial charge in [0.05, 0.1) is 6.42 Å². The van der Waals surface area contributed by atoms with Crippen LogP contribution in [0.2, 0.25) is 0 Å². The van der Waals surface area contributed by atoms with Crippen molar-refractivity contribution in [1.82, 2.24) is 10.6 Å². The highest BCUT2D eigenvalue weighted by Crippen LogP contribution is 2.21. The van der Waals surface area contributed by atoms with Crippen LogP contribution in [0.1, 0.15) is 25.7 Å². The zero-order valence-corrected chi connectivity index (χ0v) is 8.36. The van der Waals surface area contributed by atoms with Gasteiger partial charge in [0.15, 0.2) is 0 Å². The molecule has 2 N–H and O–H groups in total. The number of hydrogen-bond donors (Lipinski definition) is 2. The third kappa shape index (κ3) is 7.18. The molecule has 0 aromatic rings. The summed E-state index contributed by atoms with van der Waals surface area (Å²) in [6, 6.07) is 0.553. The molecule has 1 aliphatic rings. The Balaban J connectivity index is 1.93. The molecular formula is C9H15F3N2O. The minimum Gasteiger partial charge on any atom is -0.355 e. The quantitative estimate of drug-likeness (QED) is 0.665. The lowest BCUT2D eigenvalue weighted by atomic mass is 10.3. The van der Waals surface area contributed by atoms with Crippen molar-refractivity contribution >= 4 is 5.91 Å². The van der Waals surface area contributed by atoms with E-state index in [1.54, 1.807) is 0 Å². The van der Waals surface area contributed by atoms with Crippen LogP contribution < -0.4 is 10.6 Å². The van der Waals surface area contributed by atoms with E-state index >= 15 is 0 Å². The van der Waals surface area contributed by atoms with E-state index in [4.69, 9.17) is 0 Å². The van der Waals surface area contributed by atoms with Crippen LogP contribution in [0, 0.1) is 0 Å². The van der Waals surface area contributed by atoms with E-state index < -0.39 is 24.9 Å². The van der Waals surface area contributed by atoms with Crippen LogP contribution in [0.4, 0.5) is 13.2 Å². The van der Waals surface area contributed by atoms with Crippen LogP contribution in [0.15, 0.2) is 0 Å². The van der Waals surface area contributed by atoms with E-state index in [9.17, 15) is 18.0 Å². The second-order valence-electron chi connectivity index (χ2n) is 3.69. The maximum Gasteiger partial charge on any atom is 0.389 e. The Morgan fingerprint density at radius 1 is 1.27 bits per heavy atom. The number of alkyl halides is 3. The molecule has 1 amide bonds. The van der Waals surface area contributed by atoms with Gasteiger partial charge in [-0.1, -0.05) is 0 Å². The molecule has 0 aromatic carbocycles. The average Bonchev–Trinajstić information content (AvgIpc) is 2.91. The second-order valence-corrected chi connectivity index (χ2v) is 3.69. The number of halogens is 3. The van der Waals surface area contributed by atoms with Gasteiger partial charge in [0.25, 0.3) is 0 Å². The highest BCUT2D eigenvalue weighted by atomic mass is 19.4. The Morgan fingerprint density at radius 3 is 2.47 bits per heavy atom. The van der Waals surface area contributed by atoms with Crippen molar-refractivity contribution in [1.29, 1.82) is 0 Å². The van der Waals surface area contributed by atoms with Gasteiger partial charge in [-0.25, -0.2) is 0 Å². The highest BCUT2D eigenvalue weighted by molar-refractivity contribution is 5.75. The molecule has 0 bridgehead atoms. The van der Waals surface area contributed by atoms with Crippen molar-refractivity contribution in [2.24, 2.45) is 0 Å².